The van der Waals surface area contributed by atoms with E-state index in [1.54, 1.807) is 7.05 Å². The van der Waals surface area contributed by atoms with Crippen molar-refractivity contribution in [2.45, 2.75) is 72.3 Å². The molecule has 0 aliphatic heterocycles. The summed E-state index contributed by atoms with van der Waals surface area (Å²) in [5, 5.41) is 2.56. The van der Waals surface area contributed by atoms with Crippen LogP contribution in [0.15, 0.2) is 0 Å². The zero-order chi connectivity index (χ0) is 18.1. The van der Waals surface area contributed by atoms with Crippen molar-refractivity contribution >= 4 is 18.2 Å². The van der Waals surface area contributed by atoms with Gasteiger partial charge in [0.25, 0.3) is 5.91 Å². The van der Waals surface area contributed by atoms with Crippen molar-refractivity contribution < 1.29 is 19.1 Å². The molecule has 136 valence electrons. The zero-order valence-corrected chi connectivity index (χ0v) is 15.4. The van der Waals surface area contributed by atoms with E-state index in [-0.39, 0.29) is 11.8 Å². The quantitative estimate of drug-likeness (QED) is 0.441. The number of unbranched alkanes of at least 4 members (excludes halogenated alkanes) is 2. The van der Waals surface area contributed by atoms with Gasteiger partial charge in [-0.2, -0.15) is 0 Å². The van der Waals surface area contributed by atoms with Crippen LogP contribution in [-0.4, -0.2) is 49.4 Å². The molecule has 0 rings (SSSR count). The van der Waals surface area contributed by atoms with Crippen LogP contribution < -0.4 is 5.32 Å². The van der Waals surface area contributed by atoms with E-state index in [0.717, 1.165) is 19.3 Å². The first kappa shape index (κ1) is 23.8. The third-order valence-corrected chi connectivity index (χ3v) is 3.16. The molecule has 0 aliphatic rings. The predicted octanol–water partition coefficient (Wildman–Crippen LogP) is 2.51. The van der Waals surface area contributed by atoms with E-state index >= 15 is 0 Å². The standard InChI is InChI=1S/C15H28N2O4.C2H6/c1-4-11-21-13(5-2)15(20)17(12-18)10-8-6-7-9-14(19)16-3;1-2/h12-13H,4-11H2,1-3H3,(H,16,19);1-2H3. The van der Waals surface area contributed by atoms with Crippen LogP contribution in [0.25, 0.3) is 0 Å². The molecule has 0 fully saturated rings. The Labute approximate surface area is 140 Å². The molecule has 6 heteroatoms. The Morgan fingerprint density at radius 2 is 1.83 bits per heavy atom. The predicted molar refractivity (Wildman–Crippen MR) is 92.0 cm³/mol. The summed E-state index contributed by atoms with van der Waals surface area (Å²) in [4.78, 5) is 35.4. The molecule has 0 aliphatic carbocycles. The Morgan fingerprint density at radius 3 is 2.30 bits per heavy atom. The summed E-state index contributed by atoms with van der Waals surface area (Å²) in [5.74, 6) is -0.260. The number of nitrogens with zero attached hydrogens (tertiary/aromatic N) is 1. The monoisotopic (exact) mass is 330 g/mol. The van der Waals surface area contributed by atoms with Gasteiger partial charge >= 0.3 is 0 Å². The lowest BCUT2D eigenvalue weighted by Gasteiger charge is -2.21. The zero-order valence-electron chi connectivity index (χ0n) is 15.4. The van der Waals surface area contributed by atoms with E-state index in [9.17, 15) is 14.4 Å². The number of carbonyl (C=O) groups excluding carboxylic acids is 3. The average molecular weight is 330 g/mol. The molecule has 0 bridgehead atoms. The maximum Gasteiger partial charge on any atom is 0.258 e. The minimum absolute atomic E-state index is 0.0114. The summed E-state index contributed by atoms with van der Waals surface area (Å²) in [5.41, 5.74) is 0. The van der Waals surface area contributed by atoms with Gasteiger partial charge in [0.05, 0.1) is 0 Å². The fourth-order valence-electron chi connectivity index (χ4n) is 1.89. The minimum atomic E-state index is -0.541. The van der Waals surface area contributed by atoms with Gasteiger partial charge in [0.2, 0.25) is 12.3 Å². The second-order valence-corrected chi connectivity index (χ2v) is 4.89. The van der Waals surface area contributed by atoms with Gasteiger partial charge in [-0.05, 0) is 25.7 Å². The van der Waals surface area contributed by atoms with Crippen LogP contribution >= 0.6 is 0 Å². The number of hydrogen-bond donors (Lipinski definition) is 1. The third-order valence-electron chi connectivity index (χ3n) is 3.16. The van der Waals surface area contributed by atoms with Crippen molar-refractivity contribution in [3.8, 4) is 0 Å². The number of nitrogens with one attached hydrogen (secondary N) is 1. The summed E-state index contributed by atoms with van der Waals surface area (Å²) >= 11 is 0. The first-order valence-electron chi connectivity index (χ1n) is 8.68. The van der Waals surface area contributed by atoms with Gasteiger partial charge in [-0.15, -0.1) is 0 Å². The van der Waals surface area contributed by atoms with Crippen molar-refractivity contribution in [1.29, 1.82) is 0 Å². The van der Waals surface area contributed by atoms with Gasteiger partial charge in [0.1, 0.15) is 6.10 Å². The summed E-state index contributed by atoms with van der Waals surface area (Å²) in [6, 6.07) is 0. The molecular formula is C17H34N2O4. The van der Waals surface area contributed by atoms with Crippen LogP contribution in [-0.2, 0) is 19.1 Å². The lowest BCUT2D eigenvalue weighted by atomic mass is 10.1. The molecule has 6 nitrogen and oxygen atoms in total. The Morgan fingerprint density at radius 1 is 1.17 bits per heavy atom. The van der Waals surface area contributed by atoms with Crippen LogP contribution in [0.2, 0.25) is 0 Å². The largest absolute Gasteiger partial charge is 0.368 e. The minimum Gasteiger partial charge on any atom is -0.368 e. The van der Waals surface area contributed by atoms with E-state index in [1.165, 1.54) is 4.90 Å². The van der Waals surface area contributed by atoms with E-state index < -0.39 is 6.10 Å². The van der Waals surface area contributed by atoms with Gasteiger partial charge in [0.15, 0.2) is 0 Å². The van der Waals surface area contributed by atoms with Crippen LogP contribution in [0.4, 0.5) is 0 Å². The van der Waals surface area contributed by atoms with E-state index in [0.29, 0.717) is 38.8 Å². The SMILES string of the molecule is CC.CCCOC(CC)C(=O)N(C=O)CCCCCC(=O)NC. The maximum atomic E-state index is 12.1. The van der Waals surface area contributed by atoms with Crippen LogP contribution in [0.1, 0.15) is 66.2 Å². The van der Waals surface area contributed by atoms with Crippen LogP contribution in [0.3, 0.4) is 0 Å². The number of imide groups is 1. The highest BCUT2D eigenvalue weighted by Gasteiger charge is 2.22. The molecule has 1 unspecified atom stereocenters. The second kappa shape index (κ2) is 16.9. The Balaban J connectivity index is 0. The molecule has 1 atom stereocenters. The smallest absolute Gasteiger partial charge is 0.258 e. The van der Waals surface area contributed by atoms with E-state index in [2.05, 4.69) is 5.32 Å². The van der Waals surface area contributed by atoms with Crippen molar-refractivity contribution in [2.75, 3.05) is 20.2 Å². The molecule has 0 aromatic rings. The molecule has 3 amide bonds. The van der Waals surface area contributed by atoms with Crippen LogP contribution in [0.5, 0.6) is 0 Å². The highest BCUT2D eigenvalue weighted by atomic mass is 16.5. The van der Waals surface area contributed by atoms with Crippen molar-refractivity contribution in [2.24, 2.45) is 0 Å². The number of rotatable bonds is 12. The van der Waals surface area contributed by atoms with Crippen LogP contribution in [0, 0.1) is 0 Å². The van der Waals surface area contributed by atoms with Crippen molar-refractivity contribution in [1.82, 2.24) is 10.2 Å². The molecule has 0 spiro atoms. The summed E-state index contributed by atoms with van der Waals surface area (Å²) in [7, 11) is 1.61. The van der Waals surface area contributed by atoms with E-state index in [4.69, 9.17) is 4.74 Å². The van der Waals surface area contributed by atoms with Crippen molar-refractivity contribution in [3.05, 3.63) is 0 Å². The highest BCUT2D eigenvalue weighted by molar-refractivity contribution is 5.89. The molecule has 0 aromatic heterocycles. The molecule has 0 radical (unpaired) electrons. The number of carbonyl (C=O) groups is 3. The van der Waals surface area contributed by atoms with Gasteiger partial charge in [-0.3, -0.25) is 19.3 Å². The summed E-state index contributed by atoms with van der Waals surface area (Å²) in [6.07, 6.45) is 4.15. The van der Waals surface area contributed by atoms with Gasteiger partial charge in [-0.25, -0.2) is 0 Å². The van der Waals surface area contributed by atoms with Crippen molar-refractivity contribution in [3.63, 3.8) is 0 Å². The van der Waals surface area contributed by atoms with Gasteiger partial charge < -0.3 is 10.1 Å². The number of hydrogen-bond acceptors (Lipinski definition) is 4. The molecular weight excluding hydrogens is 296 g/mol. The molecule has 0 aromatic carbocycles. The lowest BCUT2D eigenvalue weighted by Crippen LogP contribution is -2.40. The normalized spacial score (nSPS) is 11.0. The fourth-order valence-corrected chi connectivity index (χ4v) is 1.89. The first-order valence-corrected chi connectivity index (χ1v) is 8.68. The Bertz CT molecular complexity index is 322. The topological polar surface area (TPSA) is 75.7 Å². The van der Waals surface area contributed by atoms with Gasteiger partial charge in [0, 0.05) is 26.6 Å². The fraction of sp³-hybridized carbons (Fsp3) is 0.824. The Hall–Kier alpha value is -1.43. The lowest BCUT2D eigenvalue weighted by molar-refractivity contribution is -0.148. The molecule has 0 saturated carbocycles. The number of ether oxygens (including phenoxy) is 1. The molecule has 23 heavy (non-hydrogen) atoms. The highest BCUT2D eigenvalue weighted by Crippen LogP contribution is 2.07. The third kappa shape index (κ3) is 11.8. The summed E-state index contributed by atoms with van der Waals surface area (Å²) < 4.78 is 5.46. The number of amides is 3. The Kier molecular flexibility index (Phi) is 17.5. The maximum absolute atomic E-state index is 12.1. The van der Waals surface area contributed by atoms with Gasteiger partial charge in [-0.1, -0.05) is 34.1 Å². The molecule has 0 heterocycles. The first-order chi connectivity index (χ1) is 11.1. The summed E-state index contributed by atoms with van der Waals surface area (Å²) in [6.45, 7) is 8.73. The molecule has 1 N–H and O–H groups in total. The van der Waals surface area contributed by atoms with E-state index in [1.807, 2.05) is 27.7 Å². The molecule has 0 saturated heterocycles. The second-order valence-electron chi connectivity index (χ2n) is 4.89. The average Bonchev–Trinajstić information content (AvgIpc) is 2.60.